The van der Waals surface area contributed by atoms with E-state index in [1.54, 1.807) is 0 Å². The van der Waals surface area contributed by atoms with E-state index in [-0.39, 0.29) is 17.9 Å². The number of hydrogen-bond donors (Lipinski definition) is 2. The number of carbonyl (C=O) groups excluding carboxylic acids is 1. The van der Waals surface area contributed by atoms with Crippen LogP contribution in [0.2, 0.25) is 0 Å². The molecule has 4 nitrogen and oxygen atoms in total. The molecule has 2 unspecified atom stereocenters. The lowest BCUT2D eigenvalue weighted by atomic mass is 9.93. The molecular formula is C14H25NO3. The van der Waals surface area contributed by atoms with Crippen LogP contribution in [-0.4, -0.2) is 23.0 Å². The third-order valence-electron chi connectivity index (χ3n) is 4.02. The molecule has 0 aliphatic heterocycles. The Morgan fingerprint density at radius 3 is 2.33 bits per heavy atom. The van der Waals surface area contributed by atoms with Crippen molar-refractivity contribution in [1.29, 1.82) is 0 Å². The first-order chi connectivity index (χ1) is 8.60. The molecule has 104 valence electrons. The topological polar surface area (TPSA) is 66.4 Å². The fourth-order valence-corrected chi connectivity index (χ4v) is 2.74. The second-order valence-electron chi connectivity index (χ2n) is 5.21. The first kappa shape index (κ1) is 15.0. The molecular weight excluding hydrogens is 230 g/mol. The van der Waals surface area contributed by atoms with Crippen molar-refractivity contribution in [3.8, 4) is 0 Å². The number of nitrogens with one attached hydrogen (secondary N) is 1. The Balaban J connectivity index is 2.65. The van der Waals surface area contributed by atoms with Gasteiger partial charge in [0.15, 0.2) is 0 Å². The first-order valence-corrected chi connectivity index (χ1v) is 7.13. The van der Waals surface area contributed by atoms with E-state index in [0.29, 0.717) is 6.42 Å². The fourth-order valence-electron chi connectivity index (χ4n) is 2.74. The highest BCUT2D eigenvalue weighted by molar-refractivity contribution is 5.80. The van der Waals surface area contributed by atoms with Crippen LogP contribution < -0.4 is 5.32 Å². The molecule has 2 N–H and O–H groups in total. The van der Waals surface area contributed by atoms with Crippen molar-refractivity contribution in [3.05, 3.63) is 0 Å². The zero-order valence-electron chi connectivity index (χ0n) is 11.4. The number of hydrogen-bond acceptors (Lipinski definition) is 2. The SMILES string of the molecule is CCC(CC)C(=O)NC1CCCCCC1C(=O)O. The highest BCUT2D eigenvalue weighted by atomic mass is 16.4. The fraction of sp³-hybridized carbons (Fsp3) is 0.857. The summed E-state index contributed by atoms with van der Waals surface area (Å²) in [7, 11) is 0. The Bertz CT molecular complexity index is 287. The maximum atomic E-state index is 12.0. The summed E-state index contributed by atoms with van der Waals surface area (Å²) in [6.07, 6.45) is 6.14. The molecule has 1 fully saturated rings. The quantitative estimate of drug-likeness (QED) is 0.742. The number of amides is 1. The molecule has 1 aliphatic rings. The molecule has 1 aliphatic carbocycles. The minimum Gasteiger partial charge on any atom is -0.481 e. The summed E-state index contributed by atoms with van der Waals surface area (Å²) in [6.45, 7) is 3.99. The van der Waals surface area contributed by atoms with E-state index in [4.69, 9.17) is 0 Å². The van der Waals surface area contributed by atoms with Crippen molar-refractivity contribution >= 4 is 11.9 Å². The molecule has 0 aromatic rings. The average Bonchev–Trinajstić information content (AvgIpc) is 2.56. The van der Waals surface area contributed by atoms with Crippen LogP contribution in [0.1, 0.15) is 58.8 Å². The van der Waals surface area contributed by atoms with E-state index in [0.717, 1.165) is 38.5 Å². The number of carboxylic acids is 1. The zero-order valence-corrected chi connectivity index (χ0v) is 11.4. The van der Waals surface area contributed by atoms with Crippen LogP contribution in [-0.2, 0) is 9.59 Å². The predicted octanol–water partition coefficient (Wildman–Crippen LogP) is 2.57. The van der Waals surface area contributed by atoms with Crippen LogP contribution in [0.3, 0.4) is 0 Å². The highest BCUT2D eigenvalue weighted by Gasteiger charge is 2.31. The summed E-state index contributed by atoms with van der Waals surface area (Å²) < 4.78 is 0. The summed E-state index contributed by atoms with van der Waals surface area (Å²) in [4.78, 5) is 23.3. The van der Waals surface area contributed by atoms with E-state index >= 15 is 0 Å². The van der Waals surface area contributed by atoms with Crippen molar-refractivity contribution in [2.75, 3.05) is 0 Å². The smallest absolute Gasteiger partial charge is 0.308 e. The molecule has 1 rings (SSSR count). The van der Waals surface area contributed by atoms with Crippen molar-refractivity contribution in [2.24, 2.45) is 11.8 Å². The molecule has 0 spiro atoms. The van der Waals surface area contributed by atoms with Gasteiger partial charge in [0.05, 0.1) is 5.92 Å². The molecule has 4 heteroatoms. The van der Waals surface area contributed by atoms with Crippen LogP contribution in [0.4, 0.5) is 0 Å². The molecule has 0 heterocycles. The number of aliphatic carboxylic acids is 1. The molecule has 0 saturated heterocycles. The predicted molar refractivity (Wildman–Crippen MR) is 70.2 cm³/mol. The Morgan fingerprint density at radius 1 is 1.17 bits per heavy atom. The molecule has 1 amide bonds. The third-order valence-corrected chi connectivity index (χ3v) is 4.02. The van der Waals surface area contributed by atoms with Crippen LogP contribution in [0.25, 0.3) is 0 Å². The maximum absolute atomic E-state index is 12.0. The van der Waals surface area contributed by atoms with E-state index in [9.17, 15) is 14.7 Å². The minimum atomic E-state index is -0.772. The van der Waals surface area contributed by atoms with E-state index in [1.807, 2.05) is 13.8 Å². The van der Waals surface area contributed by atoms with Gasteiger partial charge < -0.3 is 10.4 Å². The summed E-state index contributed by atoms with van der Waals surface area (Å²) in [5, 5.41) is 12.2. The molecule has 2 atom stereocenters. The lowest BCUT2D eigenvalue weighted by molar-refractivity contribution is -0.143. The average molecular weight is 255 g/mol. The van der Waals surface area contributed by atoms with Gasteiger partial charge in [0.25, 0.3) is 0 Å². The maximum Gasteiger partial charge on any atom is 0.308 e. The molecule has 1 saturated carbocycles. The number of rotatable bonds is 5. The van der Waals surface area contributed by atoms with Gasteiger partial charge in [0, 0.05) is 12.0 Å². The lowest BCUT2D eigenvalue weighted by Gasteiger charge is -2.25. The van der Waals surface area contributed by atoms with Crippen LogP contribution in [0.5, 0.6) is 0 Å². The summed E-state index contributed by atoms with van der Waals surface area (Å²) >= 11 is 0. The summed E-state index contributed by atoms with van der Waals surface area (Å²) in [5.74, 6) is -1.14. The van der Waals surface area contributed by atoms with Gasteiger partial charge in [-0.05, 0) is 25.7 Å². The highest BCUT2D eigenvalue weighted by Crippen LogP contribution is 2.24. The summed E-state index contributed by atoms with van der Waals surface area (Å²) in [5.41, 5.74) is 0. The molecule has 0 aromatic carbocycles. The normalized spacial score (nSPS) is 24.6. The van der Waals surface area contributed by atoms with Gasteiger partial charge >= 0.3 is 5.97 Å². The van der Waals surface area contributed by atoms with E-state index in [2.05, 4.69) is 5.32 Å². The third kappa shape index (κ3) is 4.00. The van der Waals surface area contributed by atoms with Crippen molar-refractivity contribution in [3.63, 3.8) is 0 Å². The first-order valence-electron chi connectivity index (χ1n) is 7.13. The number of carbonyl (C=O) groups is 2. The standard InChI is InChI=1S/C14H25NO3/c1-3-10(4-2)13(16)15-12-9-7-5-6-8-11(12)14(17)18/h10-12H,3-9H2,1-2H3,(H,15,16)(H,17,18). The molecule has 0 bridgehead atoms. The van der Waals surface area contributed by atoms with Crippen LogP contribution in [0, 0.1) is 11.8 Å². The van der Waals surface area contributed by atoms with Crippen LogP contribution in [0.15, 0.2) is 0 Å². The monoisotopic (exact) mass is 255 g/mol. The van der Waals surface area contributed by atoms with Gasteiger partial charge in [-0.3, -0.25) is 9.59 Å². The van der Waals surface area contributed by atoms with Gasteiger partial charge in [0.1, 0.15) is 0 Å². The van der Waals surface area contributed by atoms with Crippen molar-refractivity contribution in [2.45, 2.75) is 64.8 Å². The van der Waals surface area contributed by atoms with E-state index < -0.39 is 11.9 Å². The van der Waals surface area contributed by atoms with Crippen molar-refractivity contribution < 1.29 is 14.7 Å². The Labute approximate surface area is 109 Å². The Kier molecular flexibility index (Phi) is 6.16. The summed E-state index contributed by atoms with van der Waals surface area (Å²) in [6, 6.07) is -0.182. The van der Waals surface area contributed by atoms with Crippen LogP contribution >= 0.6 is 0 Å². The van der Waals surface area contributed by atoms with Crippen molar-refractivity contribution in [1.82, 2.24) is 5.32 Å². The Hall–Kier alpha value is -1.06. The van der Waals surface area contributed by atoms with Gasteiger partial charge in [-0.1, -0.05) is 33.1 Å². The van der Waals surface area contributed by atoms with E-state index in [1.165, 1.54) is 0 Å². The van der Waals surface area contributed by atoms with Gasteiger partial charge in [-0.25, -0.2) is 0 Å². The van der Waals surface area contributed by atoms with Gasteiger partial charge in [0.2, 0.25) is 5.91 Å². The number of carboxylic acid groups (broad SMARTS) is 1. The lowest BCUT2D eigenvalue weighted by Crippen LogP contribution is -2.45. The minimum absolute atomic E-state index is 0.0164. The van der Waals surface area contributed by atoms with Gasteiger partial charge in [-0.15, -0.1) is 0 Å². The molecule has 0 aromatic heterocycles. The Morgan fingerprint density at radius 2 is 1.78 bits per heavy atom. The van der Waals surface area contributed by atoms with Gasteiger partial charge in [-0.2, -0.15) is 0 Å². The second-order valence-corrected chi connectivity index (χ2v) is 5.21. The zero-order chi connectivity index (χ0) is 13.5. The largest absolute Gasteiger partial charge is 0.481 e. The second kappa shape index (κ2) is 7.39. The molecule has 18 heavy (non-hydrogen) atoms. The molecule has 0 radical (unpaired) electrons.